The SMILES string of the molecule is Cc1ccc(NS(=O)(=O)c2cc(F)ccc2F)c(F)c1C(=O)c1c[nH]c2ncc(C#N)cc12. The Hall–Kier alpha value is -4.17. The molecule has 0 radical (unpaired) electrons. The maximum Gasteiger partial charge on any atom is 0.265 e. The highest BCUT2D eigenvalue weighted by molar-refractivity contribution is 7.92. The van der Waals surface area contributed by atoms with Crippen molar-refractivity contribution >= 4 is 32.5 Å². The molecule has 0 aliphatic rings. The molecule has 11 heteroatoms. The number of hydrogen-bond donors (Lipinski definition) is 2. The van der Waals surface area contributed by atoms with Crippen molar-refractivity contribution in [3.63, 3.8) is 0 Å². The first-order valence-corrected chi connectivity index (χ1v) is 10.8. The number of pyridine rings is 1. The summed E-state index contributed by atoms with van der Waals surface area (Å²) in [6.07, 6.45) is 2.61. The number of halogens is 3. The number of nitrogens with zero attached hydrogens (tertiary/aromatic N) is 2. The summed E-state index contributed by atoms with van der Waals surface area (Å²) in [6, 6.07) is 7.53. The van der Waals surface area contributed by atoms with Gasteiger partial charge in [-0.3, -0.25) is 9.52 Å². The van der Waals surface area contributed by atoms with E-state index in [0.717, 1.165) is 12.1 Å². The van der Waals surface area contributed by atoms with Gasteiger partial charge in [-0.15, -0.1) is 0 Å². The maximum atomic E-state index is 15.4. The third-order valence-corrected chi connectivity index (χ3v) is 6.29. The highest BCUT2D eigenvalue weighted by atomic mass is 32.2. The van der Waals surface area contributed by atoms with E-state index in [2.05, 4.69) is 9.97 Å². The fourth-order valence-electron chi connectivity index (χ4n) is 3.30. The van der Waals surface area contributed by atoms with Gasteiger partial charge in [0, 0.05) is 23.3 Å². The molecule has 0 aliphatic carbocycles. The van der Waals surface area contributed by atoms with Crippen molar-refractivity contribution in [2.24, 2.45) is 0 Å². The quantitative estimate of drug-likeness (QED) is 0.425. The van der Waals surface area contributed by atoms with Crippen molar-refractivity contribution in [2.45, 2.75) is 11.8 Å². The van der Waals surface area contributed by atoms with Crippen LogP contribution in [0.2, 0.25) is 0 Å². The van der Waals surface area contributed by atoms with Crippen molar-refractivity contribution in [1.29, 1.82) is 5.26 Å². The second-order valence-corrected chi connectivity index (χ2v) is 8.71. The van der Waals surface area contributed by atoms with Gasteiger partial charge in [-0.2, -0.15) is 5.26 Å². The molecule has 33 heavy (non-hydrogen) atoms. The lowest BCUT2D eigenvalue weighted by Gasteiger charge is -2.13. The van der Waals surface area contributed by atoms with Gasteiger partial charge in [0.25, 0.3) is 10.0 Å². The molecule has 0 saturated carbocycles. The van der Waals surface area contributed by atoms with Crippen LogP contribution in [0, 0.1) is 35.7 Å². The van der Waals surface area contributed by atoms with E-state index in [1.54, 1.807) is 0 Å². The van der Waals surface area contributed by atoms with Gasteiger partial charge in [0.2, 0.25) is 0 Å². The van der Waals surface area contributed by atoms with E-state index in [0.29, 0.717) is 17.8 Å². The summed E-state index contributed by atoms with van der Waals surface area (Å²) >= 11 is 0. The van der Waals surface area contributed by atoms with Crippen LogP contribution in [-0.4, -0.2) is 24.2 Å². The molecular formula is C22H13F3N4O3S. The van der Waals surface area contributed by atoms with Crippen molar-refractivity contribution in [3.8, 4) is 6.07 Å². The molecule has 0 amide bonds. The van der Waals surface area contributed by atoms with Crippen LogP contribution in [0.5, 0.6) is 0 Å². The predicted molar refractivity (Wildman–Crippen MR) is 113 cm³/mol. The third-order valence-electron chi connectivity index (χ3n) is 4.91. The zero-order chi connectivity index (χ0) is 23.9. The van der Waals surface area contributed by atoms with Crippen LogP contribution in [0.1, 0.15) is 27.0 Å². The van der Waals surface area contributed by atoms with Gasteiger partial charge in [-0.1, -0.05) is 6.07 Å². The lowest BCUT2D eigenvalue weighted by atomic mass is 9.97. The van der Waals surface area contributed by atoms with Gasteiger partial charge in [0.15, 0.2) is 11.6 Å². The Labute approximate surface area is 185 Å². The van der Waals surface area contributed by atoms with E-state index in [4.69, 9.17) is 5.26 Å². The average Bonchev–Trinajstić information content (AvgIpc) is 3.20. The second kappa shape index (κ2) is 8.07. The van der Waals surface area contributed by atoms with Gasteiger partial charge in [0.1, 0.15) is 28.2 Å². The molecule has 2 N–H and O–H groups in total. The van der Waals surface area contributed by atoms with Gasteiger partial charge in [0.05, 0.1) is 16.8 Å². The number of carbonyl (C=O) groups excluding carboxylic acids is 1. The molecular weight excluding hydrogens is 457 g/mol. The molecule has 0 spiro atoms. The number of ketones is 1. The first-order chi connectivity index (χ1) is 15.6. The molecule has 0 bridgehead atoms. The Kier molecular flexibility index (Phi) is 5.39. The predicted octanol–water partition coefficient (Wildman–Crippen LogP) is 4.19. The summed E-state index contributed by atoms with van der Waals surface area (Å²) in [5.74, 6) is -4.21. The van der Waals surface area contributed by atoms with Crippen molar-refractivity contribution in [2.75, 3.05) is 4.72 Å². The Balaban J connectivity index is 1.79. The smallest absolute Gasteiger partial charge is 0.265 e. The van der Waals surface area contributed by atoms with Crippen LogP contribution in [0.4, 0.5) is 18.9 Å². The average molecular weight is 470 g/mol. The van der Waals surface area contributed by atoms with Gasteiger partial charge in [-0.25, -0.2) is 26.6 Å². The Morgan fingerprint density at radius 3 is 2.64 bits per heavy atom. The van der Waals surface area contributed by atoms with Crippen LogP contribution in [0.15, 0.2) is 53.7 Å². The Bertz CT molecular complexity index is 1590. The minimum atomic E-state index is -4.71. The molecule has 4 aromatic rings. The van der Waals surface area contributed by atoms with Gasteiger partial charge < -0.3 is 4.98 Å². The highest BCUT2D eigenvalue weighted by Gasteiger charge is 2.26. The van der Waals surface area contributed by atoms with E-state index >= 15 is 4.39 Å². The summed E-state index contributed by atoms with van der Waals surface area (Å²) in [6.45, 7) is 1.45. The number of rotatable bonds is 5. The number of fused-ring (bicyclic) bond motifs is 1. The van der Waals surface area contributed by atoms with E-state index in [-0.39, 0.29) is 22.1 Å². The van der Waals surface area contributed by atoms with Gasteiger partial charge in [-0.05, 0) is 42.8 Å². The lowest BCUT2D eigenvalue weighted by Crippen LogP contribution is -2.17. The Morgan fingerprint density at radius 2 is 1.91 bits per heavy atom. The first-order valence-electron chi connectivity index (χ1n) is 9.31. The standard InChI is InChI=1S/C22H13F3N4O3S/c1-11-2-5-17(29-33(31,32)18-7-13(23)3-4-16(18)24)20(25)19(11)21(30)15-10-28-22-14(15)6-12(8-26)9-27-22/h2-7,9-10,29H,1H3,(H,27,28). The van der Waals surface area contributed by atoms with E-state index < -0.39 is 49.4 Å². The topological polar surface area (TPSA) is 116 Å². The zero-order valence-electron chi connectivity index (χ0n) is 16.8. The van der Waals surface area contributed by atoms with Crippen molar-refractivity contribution in [1.82, 2.24) is 9.97 Å². The molecule has 0 aliphatic heterocycles. The number of sulfonamides is 1. The third kappa shape index (κ3) is 3.92. The number of aromatic amines is 1. The molecule has 4 rings (SSSR count). The highest BCUT2D eigenvalue weighted by Crippen LogP contribution is 2.29. The number of nitrogens with one attached hydrogen (secondary N) is 2. The monoisotopic (exact) mass is 470 g/mol. The largest absolute Gasteiger partial charge is 0.345 e. The van der Waals surface area contributed by atoms with E-state index in [1.165, 1.54) is 31.5 Å². The molecule has 0 unspecified atom stereocenters. The van der Waals surface area contributed by atoms with Crippen LogP contribution >= 0.6 is 0 Å². The number of nitriles is 1. The Morgan fingerprint density at radius 1 is 1.15 bits per heavy atom. The summed E-state index contributed by atoms with van der Waals surface area (Å²) in [7, 11) is -4.71. The fraction of sp³-hybridized carbons (Fsp3) is 0.0455. The number of carbonyl (C=O) groups is 1. The number of H-pyrrole nitrogens is 1. The number of benzene rings is 2. The van der Waals surface area contributed by atoms with Crippen LogP contribution in [-0.2, 0) is 10.0 Å². The number of aromatic nitrogens is 2. The van der Waals surface area contributed by atoms with Crippen LogP contribution in [0.3, 0.4) is 0 Å². The number of anilines is 1. The maximum absolute atomic E-state index is 15.4. The number of hydrogen-bond acceptors (Lipinski definition) is 5. The number of aryl methyl sites for hydroxylation is 1. The molecule has 0 atom stereocenters. The summed E-state index contributed by atoms with van der Waals surface area (Å²) in [4.78, 5) is 19.0. The van der Waals surface area contributed by atoms with E-state index in [1.807, 2.05) is 10.8 Å². The molecule has 7 nitrogen and oxygen atoms in total. The van der Waals surface area contributed by atoms with Crippen molar-refractivity contribution in [3.05, 3.63) is 88.5 Å². The first kappa shape index (κ1) is 22.0. The zero-order valence-corrected chi connectivity index (χ0v) is 17.6. The molecule has 2 heterocycles. The molecule has 0 fully saturated rings. The summed E-state index contributed by atoms with van der Waals surface area (Å²) in [5, 5.41) is 9.37. The fourth-order valence-corrected chi connectivity index (χ4v) is 4.45. The molecule has 166 valence electrons. The molecule has 0 saturated heterocycles. The van der Waals surface area contributed by atoms with Crippen LogP contribution < -0.4 is 4.72 Å². The molecule has 2 aromatic carbocycles. The lowest BCUT2D eigenvalue weighted by molar-refractivity contribution is 0.103. The van der Waals surface area contributed by atoms with Gasteiger partial charge >= 0.3 is 0 Å². The summed E-state index contributed by atoms with van der Waals surface area (Å²) in [5.41, 5.74) is -0.341. The summed E-state index contributed by atoms with van der Waals surface area (Å²) < 4.78 is 69.8. The second-order valence-electron chi connectivity index (χ2n) is 7.06. The van der Waals surface area contributed by atoms with E-state index in [9.17, 15) is 22.0 Å². The minimum absolute atomic E-state index is 0.0211. The molecule has 2 aromatic heterocycles. The van der Waals surface area contributed by atoms with Crippen LogP contribution in [0.25, 0.3) is 11.0 Å². The normalized spacial score (nSPS) is 11.4. The van der Waals surface area contributed by atoms with Crippen molar-refractivity contribution < 1.29 is 26.4 Å². The minimum Gasteiger partial charge on any atom is -0.345 e.